The molecule has 0 unspecified atom stereocenters. The second kappa shape index (κ2) is 6.19. The highest BCUT2D eigenvalue weighted by atomic mass is 19.4. The summed E-state index contributed by atoms with van der Waals surface area (Å²) in [5, 5.41) is 3.58. The molecule has 0 radical (unpaired) electrons. The van der Waals surface area contributed by atoms with E-state index in [9.17, 15) is 22.4 Å². The number of benzene rings is 2. The summed E-state index contributed by atoms with van der Waals surface area (Å²) in [6.45, 7) is -2.83. The Balaban J connectivity index is 2.13. The summed E-state index contributed by atoms with van der Waals surface area (Å²) < 4.78 is 81.1. The van der Waals surface area contributed by atoms with Crippen LogP contribution in [0.5, 0.6) is 0 Å². The van der Waals surface area contributed by atoms with Crippen LogP contribution in [0.15, 0.2) is 47.6 Å². The average Bonchev–Trinajstić information content (AvgIpc) is 2.60. The molecule has 1 N–H and O–H groups in total. The van der Waals surface area contributed by atoms with Crippen molar-refractivity contribution in [1.29, 1.82) is 0 Å². The molecule has 4 nitrogen and oxygen atoms in total. The number of carbonyl (C=O) groups is 1. The molecule has 1 aliphatic rings. The number of nitrogens with one attached hydrogen (secondary N) is 1. The first-order chi connectivity index (χ1) is 13.0. The van der Waals surface area contributed by atoms with Gasteiger partial charge in [-0.2, -0.15) is 18.3 Å². The highest BCUT2D eigenvalue weighted by molar-refractivity contribution is 6.06. The maximum Gasteiger partial charge on any atom is 0.428 e. The van der Waals surface area contributed by atoms with Crippen molar-refractivity contribution >= 4 is 11.8 Å². The average molecular weight is 355 g/mol. The fraction of sp³-hybridized carbons (Fsp3) is 0.176. The first kappa shape index (κ1) is 13.4. The Morgan fingerprint density at radius 3 is 2.48 bits per heavy atom. The smallest absolute Gasteiger partial charge is 0.428 e. The van der Waals surface area contributed by atoms with Crippen LogP contribution < -0.4 is 5.43 Å². The predicted molar refractivity (Wildman–Crippen MR) is 82.5 cm³/mol. The first-order valence-corrected chi connectivity index (χ1v) is 6.98. The quantitative estimate of drug-likeness (QED) is 0.815. The van der Waals surface area contributed by atoms with Gasteiger partial charge in [0.2, 0.25) is 0 Å². The van der Waals surface area contributed by atoms with Gasteiger partial charge in [0.25, 0.3) is 0 Å². The lowest BCUT2D eigenvalue weighted by Crippen LogP contribution is -2.37. The highest BCUT2D eigenvalue weighted by Crippen LogP contribution is 2.38. The topological polar surface area (TPSA) is 50.7 Å². The molecule has 1 atom stereocenters. The Hall–Kier alpha value is -2.90. The van der Waals surface area contributed by atoms with Gasteiger partial charge in [-0.05, 0) is 36.2 Å². The van der Waals surface area contributed by atoms with Crippen LogP contribution in [0, 0.1) is 5.82 Å². The third-order valence-corrected chi connectivity index (χ3v) is 3.52. The molecular formula is C17H12F4N2O2. The van der Waals surface area contributed by atoms with E-state index in [-0.39, 0.29) is 22.4 Å². The summed E-state index contributed by atoms with van der Waals surface area (Å²) in [6.07, 6.45) is -7.72. The van der Waals surface area contributed by atoms with E-state index in [1.807, 2.05) is 5.43 Å². The zero-order valence-corrected chi connectivity index (χ0v) is 12.4. The normalized spacial score (nSPS) is 19.8. The van der Waals surface area contributed by atoms with Crippen molar-refractivity contribution in [3.05, 3.63) is 59.4 Å². The molecule has 1 aliphatic heterocycles. The second-order valence-corrected chi connectivity index (χ2v) is 5.16. The lowest BCUT2D eigenvalue weighted by Gasteiger charge is -2.21. The number of hydrogen-bond acceptors (Lipinski definition) is 3. The maximum atomic E-state index is 13.6. The fourth-order valence-electron chi connectivity index (χ4n) is 2.39. The lowest BCUT2D eigenvalue weighted by molar-refractivity contribution is -0.137. The Labute approximate surface area is 144 Å². The molecule has 25 heavy (non-hydrogen) atoms. The van der Waals surface area contributed by atoms with Crippen molar-refractivity contribution in [1.82, 2.24) is 5.43 Å². The van der Waals surface area contributed by atoms with Crippen LogP contribution in [0.3, 0.4) is 0 Å². The van der Waals surface area contributed by atoms with Gasteiger partial charge < -0.3 is 4.74 Å². The van der Waals surface area contributed by atoms with Crippen LogP contribution in [0.1, 0.15) is 22.1 Å². The lowest BCUT2D eigenvalue weighted by atomic mass is 9.94. The molecule has 0 bridgehead atoms. The molecule has 2 aromatic carbocycles. The van der Waals surface area contributed by atoms with E-state index >= 15 is 0 Å². The van der Waals surface area contributed by atoms with E-state index in [2.05, 4.69) is 5.10 Å². The molecule has 0 spiro atoms. The van der Waals surface area contributed by atoms with E-state index < -0.39 is 36.6 Å². The van der Waals surface area contributed by atoms with E-state index in [0.717, 1.165) is 24.3 Å². The molecule has 3 rings (SSSR count). The third kappa shape index (κ3) is 3.47. The summed E-state index contributed by atoms with van der Waals surface area (Å²) in [5.41, 5.74) is 0.190. The number of cyclic esters (lactones) is 1. The summed E-state index contributed by atoms with van der Waals surface area (Å²) >= 11 is 0. The first-order valence-electron chi connectivity index (χ1n) is 8.48. The Morgan fingerprint density at radius 1 is 1.16 bits per heavy atom. The van der Waals surface area contributed by atoms with Crippen molar-refractivity contribution in [3.8, 4) is 11.1 Å². The summed E-state index contributed by atoms with van der Waals surface area (Å²) in [5.74, 6) is -0.598. The maximum absolute atomic E-state index is 13.6. The van der Waals surface area contributed by atoms with Crippen LogP contribution in [-0.2, 0) is 10.9 Å². The zero-order valence-electron chi connectivity index (χ0n) is 15.4. The Morgan fingerprint density at radius 2 is 1.84 bits per heavy atom. The number of halogens is 4. The highest BCUT2D eigenvalue weighted by Gasteiger charge is 2.35. The number of amides is 1. The number of hydrogen-bond donors (Lipinski definition) is 1. The van der Waals surface area contributed by atoms with Gasteiger partial charge in [0, 0.05) is 9.68 Å². The summed E-state index contributed by atoms with van der Waals surface area (Å²) in [6, 6.07) is 7.54. The largest absolute Gasteiger partial charge is 0.439 e. The molecule has 0 saturated carbocycles. The van der Waals surface area contributed by atoms with Crippen molar-refractivity contribution in [2.75, 3.05) is 0 Å². The van der Waals surface area contributed by atoms with E-state index in [1.165, 1.54) is 18.2 Å². The molecule has 0 fully saturated rings. The summed E-state index contributed by atoms with van der Waals surface area (Å²) in [4.78, 5) is 11.3. The van der Waals surface area contributed by atoms with Crippen LogP contribution in [0.4, 0.5) is 22.4 Å². The fourth-order valence-corrected chi connectivity index (χ4v) is 2.39. The number of hydrazone groups is 1. The van der Waals surface area contributed by atoms with Gasteiger partial charge in [-0.1, -0.05) is 24.3 Å². The van der Waals surface area contributed by atoms with Crippen molar-refractivity contribution < 1.29 is 31.2 Å². The number of carbonyl (C=O) groups excluding carboxylic acids is 1. The molecule has 0 aliphatic carbocycles. The number of ether oxygens (including phenoxy) is 1. The SMILES string of the molecule is [2H]C([2H])([2H])[C@@H]1OC(=O)NN=C1c1ccc(-c2ccc(F)cc2)c(C(F)(F)F)c1. The molecule has 0 saturated heterocycles. The minimum Gasteiger partial charge on any atom is -0.439 e. The van der Waals surface area contributed by atoms with Gasteiger partial charge in [-0.15, -0.1) is 0 Å². The van der Waals surface area contributed by atoms with Crippen LogP contribution in [0.25, 0.3) is 11.1 Å². The molecule has 130 valence electrons. The van der Waals surface area contributed by atoms with Crippen molar-refractivity contribution in [3.63, 3.8) is 0 Å². The second-order valence-electron chi connectivity index (χ2n) is 5.16. The van der Waals surface area contributed by atoms with E-state index in [4.69, 9.17) is 8.85 Å². The molecule has 1 heterocycles. The molecular weight excluding hydrogens is 340 g/mol. The minimum atomic E-state index is -4.78. The van der Waals surface area contributed by atoms with Crippen molar-refractivity contribution in [2.24, 2.45) is 5.10 Å². The van der Waals surface area contributed by atoms with E-state index in [0.29, 0.717) is 0 Å². The minimum absolute atomic E-state index is 0.128. The predicted octanol–water partition coefficient (Wildman–Crippen LogP) is 4.34. The van der Waals surface area contributed by atoms with Gasteiger partial charge in [0.05, 0.1) is 5.56 Å². The molecule has 0 aromatic heterocycles. The van der Waals surface area contributed by atoms with Crippen LogP contribution in [-0.4, -0.2) is 17.9 Å². The van der Waals surface area contributed by atoms with Gasteiger partial charge in [-0.3, -0.25) is 0 Å². The summed E-state index contributed by atoms with van der Waals surface area (Å²) in [7, 11) is 0. The van der Waals surface area contributed by atoms with Gasteiger partial charge in [0.1, 0.15) is 17.6 Å². The monoisotopic (exact) mass is 355 g/mol. The van der Waals surface area contributed by atoms with Gasteiger partial charge >= 0.3 is 12.3 Å². The van der Waals surface area contributed by atoms with Gasteiger partial charge in [0.15, 0.2) is 0 Å². The number of alkyl halides is 3. The van der Waals surface area contributed by atoms with E-state index in [1.54, 1.807) is 0 Å². The molecule has 8 heteroatoms. The Kier molecular flexibility index (Phi) is 3.32. The Bertz CT molecular complexity index is 941. The van der Waals surface area contributed by atoms with Gasteiger partial charge in [-0.25, -0.2) is 14.6 Å². The standard InChI is InChI=1S/C17H12F4N2O2/c1-9-15(22-23-16(24)25-9)11-4-7-13(14(8-11)17(19,20)21)10-2-5-12(18)6-3-10/h2-9H,1H3,(H,23,24)/t9-/m0/s1/i1D3. The van der Waals surface area contributed by atoms with Crippen molar-refractivity contribution in [2.45, 2.75) is 19.1 Å². The van der Waals surface area contributed by atoms with Crippen LogP contribution >= 0.6 is 0 Å². The molecule has 1 amide bonds. The number of nitrogens with zero attached hydrogens (tertiary/aromatic N) is 1. The molecule has 2 aromatic rings. The van der Waals surface area contributed by atoms with Crippen LogP contribution in [0.2, 0.25) is 0 Å². The number of rotatable bonds is 2. The zero-order chi connectivity index (χ0) is 20.7. The third-order valence-electron chi connectivity index (χ3n) is 3.52.